The predicted octanol–water partition coefficient (Wildman–Crippen LogP) is 2.41. The number of nitrogens with zero attached hydrogens (tertiary/aromatic N) is 2. The molecule has 0 aromatic heterocycles. The lowest BCUT2D eigenvalue weighted by atomic mass is 10.1. The van der Waals surface area contributed by atoms with Crippen molar-refractivity contribution >= 4 is 21.6 Å². The van der Waals surface area contributed by atoms with Gasteiger partial charge in [0.25, 0.3) is 5.91 Å². The molecule has 29 heavy (non-hydrogen) atoms. The number of piperazine rings is 1. The number of benzene rings is 2. The molecule has 156 valence electrons. The molecule has 0 radical (unpaired) electrons. The van der Waals surface area contributed by atoms with Gasteiger partial charge in [0.05, 0.1) is 12.9 Å². The van der Waals surface area contributed by atoms with Gasteiger partial charge in [0, 0.05) is 44.0 Å². The molecule has 0 atom stereocenters. The summed E-state index contributed by atoms with van der Waals surface area (Å²) in [6.45, 7) is 5.55. The highest BCUT2D eigenvalue weighted by atomic mass is 32.2. The second-order valence-electron chi connectivity index (χ2n) is 7.05. The Morgan fingerprint density at radius 2 is 1.76 bits per heavy atom. The van der Waals surface area contributed by atoms with Crippen LogP contribution in [0.5, 0.6) is 5.75 Å². The number of amides is 1. The monoisotopic (exact) mass is 417 g/mol. The lowest BCUT2D eigenvalue weighted by molar-refractivity contribution is 0.102. The molecule has 0 spiro atoms. The van der Waals surface area contributed by atoms with Gasteiger partial charge < -0.3 is 10.1 Å². The van der Waals surface area contributed by atoms with Crippen molar-refractivity contribution in [3.63, 3.8) is 0 Å². The van der Waals surface area contributed by atoms with Gasteiger partial charge in [-0.25, -0.2) is 8.42 Å². The summed E-state index contributed by atoms with van der Waals surface area (Å²) in [5.74, 6) is 0.598. The van der Waals surface area contributed by atoms with E-state index in [-0.39, 0.29) is 5.91 Å². The van der Waals surface area contributed by atoms with E-state index in [0.717, 1.165) is 11.3 Å². The van der Waals surface area contributed by atoms with E-state index in [1.807, 2.05) is 49.4 Å². The first-order valence-corrected chi connectivity index (χ1v) is 11.5. The third-order valence-corrected chi connectivity index (χ3v) is 6.12. The largest absolute Gasteiger partial charge is 0.494 e. The van der Waals surface area contributed by atoms with Crippen LogP contribution in [0.15, 0.2) is 48.5 Å². The predicted molar refractivity (Wildman–Crippen MR) is 114 cm³/mol. The van der Waals surface area contributed by atoms with Crippen LogP contribution >= 0.6 is 0 Å². The fourth-order valence-electron chi connectivity index (χ4n) is 3.29. The first-order chi connectivity index (χ1) is 13.8. The first-order valence-electron chi connectivity index (χ1n) is 9.66. The molecule has 0 saturated carbocycles. The lowest BCUT2D eigenvalue weighted by Gasteiger charge is -2.33. The maximum Gasteiger partial charge on any atom is 0.255 e. The summed E-state index contributed by atoms with van der Waals surface area (Å²) >= 11 is 0. The van der Waals surface area contributed by atoms with E-state index in [4.69, 9.17) is 4.74 Å². The average molecular weight is 418 g/mol. The van der Waals surface area contributed by atoms with Crippen molar-refractivity contribution in [2.75, 3.05) is 44.4 Å². The molecule has 3 rings (SSSR count). The molecular formula is C21H27N3O4S. The fourth-order valence-corrected chi connectivity index (χ4v) is 4.12. The van der Waals surface area contributed by atoms with Gasteiger partial charge in [0.1, 0.15) is 5.75 Å². The minimum absolute atomic E-state index is 0.169. The zero-order valence-electron chi connectivity index (χ0n) is 16.8. The number of nitrogens with one attached hydrogen (secondary N) is 1. The standard InChI is InChI=1S/C21H27N3O4S/c1-3-28-20-9-7-19(8-10-20)22-21(25)18-6-4-5-17(15-18)16-23-11-13-24(14-12-23)29(2,26)27/h4-10,15H,3,11-14,16H2,1-2H3,(H,22,25). The van der Waals surface area contributed by atoms with E-state index in [2.05, 4.69) is 10.2 Å². The molecule has 1 fully saturated rings. The summed E-state index contributed by atoms with van der Waals surface area (Å²) < 4.78 is 30.2. The Hall–Kier alpha value is -2.42. The zero-order valence-corrected chi connectivity index (χ0v) is 17.6. The fraction of sp³-hybridized carbons (Fsp3) is 0.381. The van der Waals surface area contributed by atoms with E-state index >= 15 is 0 Å². The van der Waals surface area contributed by atoms with Gasteiger partial charge in [0.15, 0.2) is 0 Å². The van der Waals surface area contributed by atoms with Gasteiger partial charge in [-0.2, -0.15) is 4.31 Å². The van der Waals surface area contributed by atoms with E-state index in [1.54, 1.807) is 6.07 Å². The third kappa shape index (κ3) is 6.03. The van der Waals surface area contributed by atoms with E-state index < -0.39 is 10.0 Å². The Kier molecular flexibility index (Phi) is 6.89. The van der Waals surface area contributed by atoms with Crippen LogP contribution in [-0.2, 0) is 16.6 Å². The van der Waals surface area contributed by atoms with Crippen molar-refractivity contribution in [1.29, 1.82) is 0 Å². The SMILES string of the molecule is CCOc1ccc(NC(=O)c2cccc(CN3CCN(S(C)(=O)=O)CC3)c2)cc1. The molecule has 1 N–H and O–H groups in total. The normalized spacial score (nSPS) is 15.8. The van der Waals surface area contributed by atoms with E-state index in [1.165, 1.54) is 10.6 Å². The summed E-state index contributed by atoms with van der Waals surface area (Å²) in [6.07, 6.45) is 1.25. The van der Waals surface area contributed by atoms with Crippen molar-refractivity contribution in [2.24, 2.45) is 0 Å². The van der Waals surface area contributed by atoms with Crippen molar-refractivity contribution < 1.29 is 17.9 Å². The summed E-state index contributed by atoms with van der Waals surface area (Å²) in [6, 6.07) is 14.8. The quantitative estimate of drug-likeness (QED) is 0.749. The zero-order chi connectivity index (χ0) is 20.9. The molecular weight excluding hydrogens is 390 g/mol. The average Bonchev–Trinajstić information content (AvgIpc) is 2.70. The second-order valence-corrected chi connectivity index (χ2v) is 9.03. The number of hydrogen-bond acceptors (Lipinski definition) is 5. The lowest BCUT2D eigenvalue weighted by Crippen LogP contribution is -2.47. The van der Waals surface area contributed by atoms with Crippen LogP contribution in [0.3, 0.4) is 0 Å². The van der Waals surface area contributed by atoms with Crippen LogP contribution in [-0.4, -0.2) is 62.6 Å². The van der Waals surface area contributed by atoms with Crippen LogP contribution in [0.25, 0.3) is 0 Å². The molecule has 2 aromatic rings. The molecule has 2 aromatic carbocycles. The highest BCUT2D eigenvalue weighted by Crippen LogP contribution is 2.17. The summed E-state index contributed by atoms with van der Waals surface area (Å²) in [7, 11) is -3.13. The van der Waals surface area contributed by atoms with Gasteiger partial charge in [-0.15, -0.1) is 0 Å². The van der Waals surface area contributed by atoms with E-state index in [0.29, 0.717) is 50.6 Å². The van der Waals surface area contributed by atoms with Crippen molar-refractivity contribution in [2.45, 2.75) is 13.5 Å². The molecule has 1 aliphatic heterocycles. The van der Waals surface area contributed by atoms with Crippen molar-refractivity contribution in [1.82, 2.24) is 9.21 Å². The number of anilines is 1. The molecule has 0 unspecified atom stereocenters. The number of ether oxygens (including phenoxy) is 1. The molecule has 1 amide bonds. The Morgan fingerprint density at radius 3 is 2.38 bits per heavy atom. The number of hydrogen-bond donors (Lipinski definition) is 1. The smallest absolute Gasteiger partial charge is 0.255 e. The molecule has 1 saturated heterocycles. The molecule has 0 bridgehead atoms. The number of carbonyl (C=O) groups excluding carboxylic acids is 1. The third-order valence-electron chi connectivity index (χ3n) is 4.82. The van der Waals surface area contributed by atoms with Crippen LogP contribution < -0.4 is 10.1 Å². The number of rotatable bonds is 7. The summed E-state index contributed by atoms with van der Waals surface area (Å²) in [5, 5.41) is 2.90. The van der Waals surface area contributed by atoms with Crippen molar-refractivity contribution in [3.05, 3.63) is 59.7 Å². The topological polar surface area (TPSA) is 79.0 Å². The second kappa shape index (κ2) is 9.39. The number of sulfonamides is 1. The summed E-state index contributed by atoms with van der Waals surface area (Å²) in [4.78, 5) is 14.8. The first kappa shape index (κ1) is 21.3. The Bertz CT molecular complexity index is 937. The minimum Gasteiger partial charge on any atom is -0.494 e. The van der Waals surface area contributed by atoms with Crippen LogP contribution in [0.1, 0.15) is 22.8 Å². The minimum atomic E-state index is -3.13. The molecule has 1 aliphatic rings. The Labute approximate surface area is 172 Å². The highest BCUT2D eigenvalue weighted by molar-refractivity contribution is 7.88. The number of carbonyl (C=O) groups is 1. The maximum atomic E-state index is 12.6. The van der Waals surface area contributed by atoms with Gasteiger partial charge >= 0.3 is 0 Å². The maximum absolute atomic E-state index is 12.6. The van der Waals surface area contributed by atoms with Gasteiger partial charge in [-0.1, -0.05) is 12.1 Å². The molecule has 8 heteroatoms. The van der Waals surface area contributed by atoms with Crippen molar-refractivity contribution in [3.8, 4) is 5.75 Å². The molecule has 7 nitrogen and oxygen atoms in total. The Balaban J connectivity index is 1.58. The van der Waals surface area contributed by atoms with Gasteiger partial charge in [0.2, 0.25) is 10.0 Å². The van der Waals surface area contributed by atoms with Gasteiger partial charge in [-0.3, -0.25) is 9.69 Å². The highest BCUT2D eigenvalue weighted by Gasteiger charge is 2.23. The van der Waals surface area contributed by atoms with Crippen LogP contribution in [0.4, 0.5) is 5.69 Å². The Morgan fingerprint density at radius 1 is 1.07 bits per heavy atom. The van der Waals surface area contributed by atoms with E-state index in [9.17, 15) is 13.2 Å². The molecule has 0 aliphatic carbocycles. The molecule has 1 heterocycles. The van der Waals surface area contributed by atoms with Gasteiger partial charge in [-0.05, 0) is 48.9 Å². The van der Waals surface area contributed by atoms with Crippen LogP contribution in [0, 0.1) is 0 Å². The summed E-state index contributed by atoms with van der Waals surface area (Å²) in [5.41, 5.74) is 2.32. The van der Waals surface area contributed by atoms with Crippen LogP contribution in [0.2, 0.25) is 0 Å².